The van der Waals surface area contributed by atoms with Gasteiger partial charge in [0, 0.05) is 25.5 Å². The Morgan fingerprint density at radius 1 is 1.33 bits per heavy atom. The van der Waals surface area contributed by atoms with Crippen LogP contribution < -0.4 is 10.2 Å². The molecule has 126 valence electrons. The second-order valence-corrected chi connectivity index (χ2v) is 5.82. The number of rotatable bonds is 4. The van der Waals surface area contributed by atoms with E-state index in [2.05, 4.69) is 15.3 Å². The molecule has 1 aliphatic heterocycles. The van der Waals surface area contributed by atoms with Gasteiger partial charge in [0.2, 0.25) is 5.91 Å². The van der Waals surface area contributed by atoms with E-state index < -0.39 is 24.2 Å². The minimum Gasteiger partial charge on any atom is -0.388 e. The number of nitrogens with zero attached hydrogens (tertiary/aromatic N) is 3. The van der Waals surface area contributed by atoms with Crippen molar-refractivity contribution in [1.82, 2.24) is 15.3 Å². The topological polar surface area (TPSA) is 98.6 Å². The van der Waals surface area contributed by atoms with Crippen LogP contribution in [-0.4, -0.2) is 51.9 Å². The van der Waals surface area contributed by atoms with Crippen molar-refractivity contribution in [2.45, 2.75) is 18.1 Å². The number of nitrogens with one attached hydrogen (secondary N) is 1. The van der Waals surface area contributed by atoms with Gasteiger partial charge in [0.15, 0.2) is 0 Å². The molecule has 1 aliphatic rings. The Bertz CT molecular complexity index is 683. The van der Waals surface area contributed by atoms with Gasteiger partial charge in [-0.3, -0.25) is 9.78 Å². The quantitative estimate of drug-likeness (QED) is 0.734. The van der Waals surface area contributed by atoms with Crippen LogP contribution in [0, 0.1) is 0 Å². The van der Waals surface area contributed by atoms with Gasteiger partial charge in [-0.25, -0.2) is 4.98 Å². The summed E-state index contributed by atoms with van der Waals surface area (Å²) in [6.45, 7) is 0.283. The van der Waals surface area contributed by atoms with Crippen molar-refractivity contribution in [2.24, 2.45) is 0 Å². The number of amides is 1. The SMILES string of the molecule is O=C(CO)N[C@@]1(c2ccccc2)CCN(c2cnccn2)C[C@H]1O. The molecule has 1 aromatic carbocycles. The van der Waals surface area contributed by atoms with E-state index in [1.54, 1.807) is 18.6 Å². The van der Waals surface area contributed by atoms with Gasteiger partial charge in [0.05, 0.1) is 17.8 Å². The number of aliphatic hydroxyl groups is 2. The highest BCUT2D eigenvalue weighted by atomic mass is 16.3. The Labute approximate surface area is 140 Å². The molecule has 0 saturated carbocycles. The third-order valence-corrected chi connectivity index (χ3v) is 4.41. The van der Waals surface area contributed by atoms with Gasteiger partial charge in [0.25, 0.3) is 0 Å². The average molecular weight is 328 g/mol. The van der Waals surface area contributed by atoms with Gasteiger partial charge in [-0.15, -0.1) is 0 Å². The second-order valence-electron chi connectivity index (χ2n) is 5.82. The van der Waals surface area contributed by atoms with Crippen molar-refractivity contribution in [3.63, 3.8) is 0 Å². The summed E-state index contributed by atoms with van der Waals surface area (Å²) >= 11 is 0. The third kappa shape index (κ3) is 3.08. The molecule has 2 atom stereocenters. The largest absolute Gasteiger partial charge is 0.388 e. The van der Waals surface area contributed by atoms with Crippen LogP contribution in [0.15, 0.2) is 48.9 Å². The average Bonchev–Trinajstić information content (AvgIpc) is 2.64. The molecule has 3 rings (SSSR count). The van der Waals surface area contributed by atoms with E-state index in [-0.39, 0.29) is 0 Å². The minimum absolute atomic E-state index is 0.305. The van der Waals surface area contributed by atoms with Crippen LogP contribution >= 0.6 is 0 Å². The molecule has 0 radical (unpaired) electrons. The molecular formula is C17H20N4O3. The number of anilines is 1. The van der Waals surface area contributed by atoms with Gasteiger partial charge in [-0.2, -0.15) is 0 Å². The molecule has 3 N–H and O–H groups in total. The van der Waals surface area contributed by atoms with Crippen molar-refractivity contribution in [1.29, 1.82) is 0 Å². The first-order valence-electron chi connectivity index (χ1n) is 7.82. The highest BCUT2D eigenvalue weighted by Gasteiger charge is 2.45. The molecule has 0 bridgehead atoms. The fourth-order valence-electron chi connectivity index (χ4n) is 3.17. The van der Waals surface area contributed by atoms with E-state index in [0.717, 1.165) is 5.56 Å². The van der Waals surface area contributed by atoms with Crippen molar-refractivity contribution in [3.05, 3.63) is 54.5 Å². The first-order chi connectivity index (χ1) is 11.7. The summed E-state index contributed by atoms with van der Waals surface area (Å²) in [5.41, 5.74) is -0.113. The van der Waals surface area contributed by atoms with Crippen molar-refractivity contribution >= 4 is 11.7 Å². The van der Waals surface area contributed by atoms with Crippen LogP contribution in [-0.2, 0) is 10.3 Å². The molecule has 2 heterocycles. The molecule has 0 aliphatic carbocycles. The predicted octanol–water partition coefficient (Wildman–Crippen LogP) is 0.0516. The van der Waals surface area contributed by atoms with Gasteiger partial charge in [0.1, 0.15) is 12.4 Å². The fourth-order valence-corrected chi connectivity index (χ4v) is 3.17. The fraction of sp³-hybridized carbons (Fsp3) is 0.353. The van der Waals surface area contributed by atoms with Gasteiger partial charge in [-0.05, 0) is 12.0 Å². The van der Waals surface area contributed by atoms with E-state index in [1.807, 2.05) is 35.2 Å². The van der Waals surface area contributed by atoms with E-state index in [4.69, 9.17) is 5.11 Å². The second kappa shape index (κ2) is 6.94. The summed E-state index contributed by atoms with van der Waals surface area (Å²) in [7, 11) is 0. The lowest BCUT2D eigenvalue weighted by Gasteiger charge is -2.46. The molecule has 1 fully saturated rings. The molecule has 0 unspecified atom stereocenters. The summed E-state index contributed by atoms with van der Waals surface area (Å²) in [6, 6.07) is 9.36. The maximum atomic E-state index is 11.8. The number of hydrogen-bond acceptors (Lipinski definition) is 6. The Balaban J connectivity index is 1.89. The zero-order valence-corrected chi connectivity index (χ0v) is 13.2. The molecule has 2 aromatic rings. The van der Waals surface area contributed by atoms with Gasteiger partial charge < -0.3 is 20.4 Å². The Morgan fingerprint density at radius 3 is 2.75 bits per heavy atom. The molecule has 7 nitrogen and oxygen atoms in total. The Morgan fingerprint density at radius 2 is 2.12 bits per heavy atom. The van der Waals surface area contributed by atoms with Gasteiger partial charge in [-0.1, -0.05) is 30.3 Å². The molecule has 0 spiro atoms. The van der Waals surface area contributed by atoms with E-state index >= 15 is 0 Å². The number of carbonyl (C=O) groups is 1. The highest BCUT2D eigenvalue weighted by molar-refractivity contribution is 5.78. The summed E-state index contributed by atoms with van der Waals surface area (Å²) in [5.74, 6) is 0.178. The Hall–Kier alpha value is -2.51. The van der Waals surface area contributed by atoms with Crippen molar-refractivity contribution < 1.29 is 15.0 Å². The van der Waals surface area contributed by atoms with Crippen molar-refractivity contribution in [2.75, 3.05) is 24.6 Å². The lowest BCUT2D eigenvalue weighted by atomic mass is 9.78. The van der Waals surface area contributed by atoms with E-state index in [9.17, 15) is 9.90 Å². The lowest BCUT2D eigenvalue weighted by molar-refractivity contribution is -0.128. The molecule has 1 amide bonds. The standard InChI is InChI=1S/C17H20N4O3/c22-12-16(24)20-17(13-4-2-1-3-5-13)6-9-21(11-14(17)23)15-10-18-7-8-19-15/h1-5,7-8,10,14,22-23H,6,9,11-12H2,(H,20,24)/t14-,17-/m1/s1. The molecule has 7 heteroatoms. The number of carbonyl (C=O) groups excluding carboxylic acids is 1. The molecular weight excluding hydrogens is 308 g/mol. The minimum atomic E-state index is -0.931. The maximum Gasteiger partial charge on any atom is 0.246 e. The van der Waals surface area contributed by atoms with Crippen LogP contribution in [0.1, 0.15) is 12.0 Å². The lowest BCUT2D eigenvalue weighted by Crippen LogP contribution is -2.62. The molecule has 1 saturated heterocycles. The van der Waals surface area contributed by atoms with E-state index in [1.165, 1.54) is 0 Å². The van der Waals surface area contributed by atoms with E-state index in [0.29, 0.717) is 25.3 Å². The van der Waals surface area contributed by atoms with Crippen LogP contribution in [0.3, 0.4) is 0 Å². The monoisotopic (exact) mass is 328 g/mol. The summed E-state index contributed by atoms with van der Waals surface area (Å²) in [6.07, 6.45) is 4.48. The molecule has 24 heavy (non-hydrogen) atoms. The number of hydrogen-bond donors (Lipinski definition) is 3. The zero-order valence-electron chi connectivity index (χ0n) is 13.2. The summed E-state index contributed by atoms with van der Waals surface area (Å²) in [5, 5.41) is 22.8. The number of benzene rings is 1. The first-order valence-corrected chi connectivity index (χ1v) is 7.82. The number of aliphatic hydroxyl groups excluding tert-OH is 2. The number of aromatic nitrogens is 2. The third-order valence-electron chi connectivity index (χ3n) is 4.41. The van der Waals surface area contributed by atoms with Crippen LogP contribution in [0.2, 0.25) is 0 Å². The maximum absolute atomic E-state index is 11.8. The van der Waals surface area contributed by atoms with Crippen LogP contribution in [0.25, 0.3) is 0 Å². The van der Waals surface area contributed by atoms with Crippen LogP contribution in [0.5, 0.6) is 0 Å². The highest BCUT2D eigenvalue weighted by Crippen LogP contribution is 2.34. The predicted molar refractivity (Wildman–Crippen MR) is 88.2 cm³/mol. The molecule has 1 aromatic heterocycles. The first kappa shape index (κ1) is 16.4. The summed E-state index contributed by atoms with van der Waals surface area (Å²) < 4.78 is 0. The van der Waals surface area contributed by atoms with Gasteiger partial charge >= 0.3 is 0 Å². The zero-order chi connectivity index (χ0) is 17.0. The number of piperidine rings is 1. The summed E-state index contributed by atoms with van der Waals surface area (Å²) in [4.78, 5) is 22.1. The smallest absolute Gasteiger partial charge is 0.246 e. The normalized spacial score (nSPS) is 23.8. The number of β-amino-alcohol motifs (C(OH)–C–C–N with tert-alkyl or cyclic N) is 1. The van der Waals surface area contributed by atoms with Crippen LogP contribution in [0.4, 0.5) is 5.82 Å². The Kier molecular flexibility index (Phi) is 4.73. The van der Waals surface area contributed by atoms with Crippen molar-refractivity contribution in [3.8, 4) is 0 Å².